The summed E-state index contributed by atoms with van der Waals surface area (Å²) in [5.74, 6) is 0.889. The fourth-order valence-electron chi connectivity index (χ4n) is 2.23. The van der Waals surface area contributed by atoms with Gasteiger partial charge in [0.2, 0.25) is 0 Å². The smallest absolute Gasteiger partial charge is 0.118 e. The van der Waals surface area contributed by atoms with Crippen LogP contribution in [0.4, 0.5) is 5.69 Å². The van der Waals surface area contributed by atoms with Crippen LogP contribution in [-0.4, -0.2) is 19.1 Å². The van der Waals surface area contributed by atoms with E-state index >= 15 is 0 Å². The van der Waals surface area contributed by atoms with Gasteiger partial charge < -0.3 is 10.5 Å². The molecule has 0 aliphatic rings. The number of methoxy groups -OCH3 is 1. The van der Waals surface area contributed by atoms with Crippen LogP contribution in [0.1, 0.15) is 24.1 Å². The van der Waals surface area contributed by atoms with Crippen LogP contribution < -0.4 is 10.5 Å². The van der Waals surface area contributed by atoms with Gasteiger partial charge in [0.1, 0.15) is 5.75 Å². The minimum Gasteiger partial charge on any atom is -0.497 e. The second-order valence-corrected chi connectivity index (χ2v) is 5.11. The fourth-order valence-corrected chi connectivity index (χ4v) is 2.23. The van der Waals surface area contributed by atoms with Gasteiger partial charge in [-0.05, 0) is 49.4 Å². The minimum atomic E-state index is 0.320. The molecule has 0 saturated heterocycles. The standard InChI is InChI=1S/C17H22N2O/c1-13(15-5-4-6-16(18)11-15)19(2)12-14-7-9-17(20-3)10-8-14/h4-11,13H,12,18H2,1-3H3. The summed E-state index contributed by atoms with van der Waals surface area (Å²) in [5.41, 5.74) is 9.17. The summed E-state index contributed by atoms with van der Waals surface area (Å²) >= 11 is 0. The molecule has 1 unspecified atom stereocenters. The number of rotatable bonds is 5. The SMILES string of the molecule is COc1ccc(CN(C)C(C)c2cccc(N)c2)cc1. The molecule has 2 rings (SSSR count). The van der Waals surface area contributed by atoms with Crippen LogP contribution in [0.5, 0.6) is 5.75 Å². The Kier molecular flexibility index (Phi) is 4.64. The second-order valence-electron chi connectivity index (χ2n) is 5.11. The van der Waals surface area contributed by atoms with Crippen molar-refractivity contribution in [1.82, 2.24) is 4.90 Å². The van der Waals surface area contributed by atoms with Gasteiger partial charge in [0.05, 0.1) is 7.11 Å². The molecule has 0 aromatic heterocycles. The van der Waals surface area contributed by atoms with Crippen molar-refractivity contribution in [2.24, 2.45) is 0 Å². The first-order chi connectivity index (χ1) is 9.60. The Labute approximate surface area is 121 Å². The Morgan fingerprint density at radius 3 is 2.45 bits per heavy atom. The molecule has 0 spiro atoms. The Hall–Kier alpha value is -2.00. The number of nitrogens with two attached hydrogens (primary N) is 1. The molecule has 0 radical (unpaired) electrons. The molecular formula is C17H22N2O. The highest BCUT2D eigenvalue weighted by Gasteiger charge is 2.12. The molecule has 0 aliphatic carbocycles. The lowest BCUT2D eigenvalue weighted by Gasteiger charge is -2.25. The fraction of sp³-hybridized carbons (Fsp3) is 0.294. The van der Waals surface area contributed by atoms with Gasteiger partial charge in [-0.15, -0.1) is 0 Å². The molecule has 106 valence electrons. The maximum absolute atomic E-state index is 5.85. The minimum absolute atomic E-state index is 0.320. The predicted molar refractivity (Wildman–Crippen MR) is 83.7 cm³/mol. The zero-order valence-corrected chi connectivity index (χ0v) is 12.3. The van der Waals surface area contributed by atoms with Crippen molar-refractivity contribution in [2.45, 2.75) is 19.5 Å². The number of ether oxygens (including phenoxy) is 1. The van der Waals surface area contributed by atoms with Gasteiger partial charge >= 0.3 is 0 Å². The van der Waals surface area contributed by atoms with E-state index in [1.165, 1.54) is 11.1 Å². The van der Waals surface area contributed by atoms with Crippen molar-refractivity contribution in [1.29, 1.82) is 0 Å². The molecular weight excluding hydrogens is 248 g/mol. The molecule has 0 saturated carbocycles. The summed E-state index contributed by atoms with van der Waals surface area (Å²) in [5, 5.41) is 0. The molecule has 0 fully saturated rings. The van der Waals surface area contributed by atoms with Gasteiger partial charge in [0.25, 0.3) is 0 Å². The number of hydrogen-bond acceptors (Lipinski definition) is 3. The Balaban J connectivity index is 2.04. The zero-order chi connectivity index (χ0) is 14.5. The third-order valence-corrected chi connectivity index (χ3v) is 3.65. The van der Waals surface area contributed by atoms with Gasteiger partial charge in [-0.2, -0.15) is 0 Å². The van der Waals surface area contributed by atoms with Crippen molar-refractivity contribution in [2.75, 3.05) is 19.9 Å². The predicted octanol–water partition coefficient (Wildman–Crippen LogP) is 3.47. The highest BCUT2D eigenvalue weighted by atomic mass is 16.5. The first-order valence-electron chi connectivity index (χ1n) is 6.79. The summed E-state index contributed by atoms with van der Waals surface area (Å²) < 4.78 is 5.18. The lowest BCUT2D eigenvalue weighted by molar-refractivity contribution is 0.253. The van der Waals surface area contributed by atoms with Crippen LogP contribution in [0.15, 0.2) is 48.5 Å². The van der Waals surface area contributed by atoms with E-state index in [1.54, 1.807) is 7.11 Å². The van der Waals surface area contributed by atoms with Crippen molar-refractivity contribution >= 4 is 5.69 Å². The summed E-state index contributed by atoms with van der Waals surface area (Å²) in [4.78, 5) is 2.30. The summed E-state index contributed by atoms with van der Waals surface area (Å²) in [7, 11) is 3.81. The van der Waals surface area contributed by atoms with Crippen LogP contribution >= 0.6 is 0 Å². The van der Waals surface area contributed by atoms with Gasteiger partial charge in [-0.1, -0.05) is 24.3 Å². The van der Waals surface area contributed by atoms with Gasteiger partial charge in [-0.25, -0.2) is 0 Å². The third-order valence-electron chi connectivity index (χ3n) is 3.65. The third kappa shape index (κ3) is 3.52. The van der Waals surface area contributed by atoms with E-state index in [9.17, 15) is 0 Å². The highest BCUT2D eigenvalue weighted by Crippen LogP contribution is 2.22. The van der Waals surface area contributed by atoms with Crippen LogP contribution in [0.3, 0.4) is 0 Å². The second kappa shape index (κ2) is 6.44. The van der Waals surface area contributed by atoms with Crippen molar-refractivity contribution in [3.05, 3.63) is 59.7 Å². The molecule has 0 aliphatic heterocycles. The van der Waals surface area contributed by atoms with E-state index < -0.39 is 0 Å². The van der Waals surface area contributed by atoms with Crippen LogP contribution in [0, 0.1) is 0 Å². The summed E-state index contributed by atoms with van der Waals surface area (Å²) in [6.07, 6.45) is 0. The topological polar surface area (TPSA) is 38.5 Å². The van der Waals surface area contributed by atoms with Crippen molar-refractivity contribution < 1.29 is 4.74 Å². The van der Waals surface area contributed by atoms with E-state index in [0.29, 0.717) is 6.04 Å². The Bertz CT molecular complexity index is 551. The van der Waals surface area contributed by atoms with Crippen LogP contribution in [0.2, 0.25) is 0 Å². The van der Waals surface area contributed by atoms with Gasteiger partial charge in [0, 0.05) is 18.3 Å². The number of benzene rings is 2. The molecule has 0 heterocycles. The molecule has 0 amide bonds. The van der Waals surface area contributed by atoms with Gasteiger partial charge in [0.15, 0.2) is 0 Å². The van der Waals surface area contributed by atoms with E-state index in [4.69, 9.17) is 10.5 Å². The van der Waals surface area contributed by atoms with Gasteiger partial charge in [-0.3, -0.25) is 4.90 Å². The molecule has 2 N–H and O–H groups in total. The van der Waals surface area contributed by atoms with Crippen molar-refractivity contribution in [3.63, 3.8) is 0 Å². The quantitative estimate of drug-likeness (QED) is 0.845. The normalized spacial score (nSPS) is 12.4. The largest absolute Gasteiger partial charge is 0.497 e. The molecule has 3 nitrogen and oxygen atoms in total. The lowest BCUT2D eigenvalue weighted by atomic mass is 10.1. The molecule has 20 heavy (non-hydrogen) atoms. The van der Waals surface area contributed by atoms with Crippen LogP contribution in [-0.2, 0) is 6.54 Å². The van der Waals surface area contributed by atoms with Crippen LogP contribution in [0.25, 0.3) is 0 Å². The average Bonchev–Trinajstić information content (AvgIpc) is 2.47. The van der Waals surface area contributed by atoms with E-state index in [1.807, 2.05) is 30.3 Å². The Morgan fingerprint density at radius 1 is 1.15 bits per heavy atom. The van der Waals surface area contributed by atoms with E-state index in [2.05, 4.69) is 37.1 Å². The lowest BCUT2D eigenvalue weighted by Crippen LogP contribution is -2.21. The first-order valence-corrected chi connectivity index (χ1v) is 6.79. The number of anilines is 1. The summed E-state index contributed by atoms with van der Waals surface area (Å²) in [6.45, 7) is 3.08. The highest BCUT2D eigenvalue weighted by molar-refractivity contribution is 5.41. The van der Waals surface area contributed by atoms with E-state index in [0.717, 1.165) is 18.0 Å². The monoisotopic (exact) mass is 270 g/mol. The molecule has 2 aromatic rings. The average molecular weight is 270 g/mol. The molecule has 1 atom stereocenters. The molecule has 2 aromatic carbocycles. The maximum Gasteiger partial charge on any atom is 0.118 e. The molecule has 3 heteroatoms. The van der Waals surface area contributed by atoms with Crippen molar-refractivity contribution in [3.8, 4) is 5.75 Å². The summed E-state index contributed by atoms with van der Waals surface area (Å²) in [6, 6.07) is 16.6. The molecule has 0 bridgehead atoms. The number of nitrogens with zero attached hydrogens (tertiary/aromatic N) is 1. The maximum atomic E-state index is 5.85. The van der Waals surface area contributed by atoms with E-state index in [-0.39, 0.29) is 0 Å². The Morgan fingerprint density at radius 2 is 1.85 bits per heavy atom. The number of hydrogen-bond donors (Lipinski definition) is 1. The zero-order valence-electron chi connectivity index (χ0n) is 12.3. The number of nitrogen functional groups attached to an aromatic ring is 1. The first kappa shape index (κ1) is 14.4.